The van der Waals surface area contributed by atoms with Gasteiger partial charge in [-0.3, -0.25) is 0 Å². The monoisotopic (exact) mass is 673 g/mol. The molecule has 0 aliphatic carbocycles. The Labute approximate surface area is 296 Å². The van der Waals surface area contributed by atoms with Crippen molar-refractivity contribution in [1.29, 1.82) is 0 Å². The van der Waals surface area contributed by atoms with Crippen molar-refractivity contribution in [1.82, 2.24) is 15.0 Å². The third-order valence-electron chi connectivity index (χ3n) is 9.39. The quantitative estimate of drug-likeness (QED) is 0.182. The highest BCUT2D eigenvalue weighted by molar-refractivity contribution is 7.26. The third kappa shape index (κ3) is 4.82. The number of fused-ring (bicyclic) bond motifs is 6. The topological polar surface area (TPSA) is 38.7 Å². The van der Waals surface area contributed by atoms with Crippen molar-refractivity contribution >= 4 is 63.0 Å². The first-order chi connectivity index (χ1) is 24.8. The third-order valence-corrected chi connectivity index (χ3v) is 11.8. The van der Waals surface area contributed by atoms with E-state index >= 15 is 0 Å². The van der Waals surface area contributed by atoms with Crippen LogP contribution in [0, 0.1) is 0 Å². The van der Waals surface area contributed by atoms with E-state index in [9.17, 15) is 0 Å². The molecule has 234 valence electrons. The van der Waals surface area contributed by atoms with Crippen LogP contribution in [0.2, 0.25) is 0 Å². The molecular weight excluding hydrogens is 647 g/mol. The Bertz CT molecular complexity index is 2890. The average Bonchev–Trinajstić information content (AvgIpc) is 3.76. The van der Waals surface area contributed by atoms with Crippen LogP contribution >= 0.6 is 22.7 Å². The molecule has 5 heteroatoms. The van der Waals surface area contributed by atoms with Crippen LogP contribution in [-0.2, 0) is 0 Å². The van der Waals surface area contributed by atoms with Gasteiger partial charge in [0.2, 0.25) is 0 Å². The van der Waals surface area contributed by atoms with Gasteiger partial charge < -0.3 is 0 Å². The molecule has 3 nitrogen and oxygen atoms in total. The Hall–Kier alpha value is -6.01. The second-order valence-electron chi connectivity index (χ2n) is 12.4. The van der Waals surface area contributed by atoms with Crippen LogP contribution in [0.5, 0.6) is 0 Å². The normalized spacial score (nSPS) is 11.6. The van der Waals surface area contributed by atoms with Gasteiger partial charge >= 0.3 is 0 Å². The first kappa shape index (κ1) is 29.0. The van der Waals surface area contributed by atoms with Gasteiger partial charge in [-0.2, -0.15) is 0 Å². The summed E-state index contributed by atoms with van der Waals surface area (Å²) in [4.78, 5) is 15.8. The van der Waals surface area contributed by atoms with Gasteiger partial charge in [0.05, 0.1) is 0 Å². The fraction of sp³-hybridized carbons (Fsp3) is 0. The summed E-state index contributed by atoms with van der Waals surface area (Å²) < 4.78 is 5.01. The van der Waals surface area contributed by atoms with Gasteiger partial charge in [0.1, 0.15) is 0 Å². The van der Waals surface area contributed by atoms with E-state index in [1.807, 2.05) is 17.4 Å². The van der Waals surface area contributed by atoms with Gasteiger partial charge in [-0.05, 0) is 52.6 Å². The molecule has 0 spiro atoms. The number of benzene rings is 7. The summed E-state index contributed by atoms with van der Waals surface area (Å²) in [5, 5.41) is 5.02. The lowest BCUT2D eigenvalue weighted by molar-refractivity contribution is 1.08. The molecule has 10 rings (SSSR count). The van der Waals surface area contributed by atoms with Crippen molar-refractivity contribution in [3.05, 3.63) is 164 Å². The highest BCUT2D eigenvalue weighted by Crippen LogP contribution is 2.42. The molecule has 0 aliphatic heterocycles. The molecule has 0 atom stereocenters. The number of aromatic nitrogens is 3. The second kappa shape index (κ2) is 11.8. The van der Waals surface area contributed by atoms with Crippen LogP contribution in [0.15, 0.2) is 164 Å². The Morgan fingerprint density at radius 1 is 0.300 bits per heavy atom. The summed E-state index contributed by atoms with van der Waals surface area (Å²) in [6.07, 6.45) is 0. The molecule has 50 heavy (non-hydrogen) atoms. The van der Waals surface area contributed by atoms with E-state index in [0.29, 0.717) is 17.5 Å². The number of hydrogen-bond donors (Lipinski definition) is 0. The van der Waals surface area contributed by atoms with Crippen LogP contribution in [0.4, 0.5) is 0 Å². The zero-order valence-electron chi connectivity index (χ0n) is 26.7. The van der Waals surface area contributed by atoms with E-state index in [4.69, 9.17) is 15.0 Å². The van der Waals surface area contributed by atoms with E-state index in [0.717, 1.165) is 38.9 Å². The number of hydrogen-bond acceptors (Lipinski definition) is 5. The van der Waals surface area contributed by atoms with Crippen molar-refractivity contribution in [3.63, 3.8) is 0 Å². The first-order valence-corrected chi connectivity index (χ1v) is 18.2. The smallest absolute Gasteiger partial charge is 0.165 e. The van der Waals surface area contributed by atoms with E-state index in [1.165, 1.54) is 40.3 Å². The second-order valence-corrected chi connectivity index (χ2v) is 14.5. The molecular formula is C45H27N3S2. The Kier molecular flexibility index (Phi) is 6.86. The SMILES string of the molecule is c1ccc(-c2ccccc2-c2nc(-c3ccccc3-c3ccc4sc5ccccc5c4c3)nc(-c3cccc4c3sc3ccccc34)n2)cc1. The van der Waals surface area contributed by atoms with Crippen molar-refractivity contribution in [2.24, 2.45) is 0 Å². The van der Waals surface area contributed by atoms with Crippen LogP contribution in [0.1, 0.15) is 0 Å². The van der Waals surface area contributed by atoms with Gasteiger partial charge in [-0.25, -0.2) is 15.0 Å². The van der Waals surface area contributed by atoms with E-state index in [1.54, 1.807) is 11.3 Å². The number of thiophene rings is 2. The zero-order valence-corrected chi connectivity index (χ0v) is 28.4. The maximum atomic E-state index is 5.30. The van der Waals surface area contributed by atoms with Gasteiger partial charge in [0.25, 0.3) is 0 Å². The summed E-state index contributed by atoms with van der Waals surface area (Å²) in [5.41, 5.74) is 7.37. The molecule has 0 saturated heterocycles. The zero-order chi connectivity index (χ0) is 33.0. The number of rotatable bonds is 5. The molecule has 0 radical (unpaired) electrons. The molecule has 0 aliphatic rings. The van der Waals surface area contributed by atoms with Gasteiger partial charge in [0, 0.05) is 57.0 Å². The minimum atomic E-state index is 0.650. The van der Waals surface area contributed by atoms with Crippen LogP contribution in [0.25, 0.3) is 96.8 Å². The summed E-state index contributed by atoms with van der Waals surface area (Å²) in [6.45, 7) is 0. The predicted octanol–water partition coefficient (Wildman–Crippen LogP) is 12.9. The lowest BCUT2D eigenvalue weighted by Gasteiger charge is -2.14. The molecule has 3 heterocycles. The highest BCUT2D eigenvalue weighted by Gasteiger charge is 2.20. The van der Waals surface area contributed by atoms with E-state index < -0.39 is 0 Å². The molecule has 10 aromatic rings. The molecule has 0 N–H and O–H groups in total. The van der Waals surface area contributed by atoms with Crippen molar-refractivity contribution in [2.45, 2.75) is 0 Å². The predicted molar refractivity (Wildman–Crippen MR) is 213 cm³/mol. The molecule has 0 amide bonds. The Morgan fingerprint density at radius 2 is 0.780 bits per heavy atom. The van der Waals surface area contributed by atoms with Crippen LogP contribution in [0.3, 0.4) is 0 Å². The van der Waals surface area contributed by atoms with Crippen LogP contribution < -0.4 is 0 Å². The summed E-state index contributed by atoms with van der Waals surface area (Å²) in [5.74, 6) is 1.97. The summed E-state index contributed by atoms with van der Waals surface area (Å²) in [6, 6.07) is 57.8. The molecule has 3 aromatic heterocycles. The lowest BCUT2D eigenvalue weighted by atomic mass is 9.97. The van der Waals surface area contributed by atoms with Crippen molar-refractivity contribution in [3.8, 4) is 56.4 Å². The summed E-state index contributed by atoms with van der Waals surface area (Å²) in [7, 11) is 0. The lowest BCUT2D eigenvalue weighted by Crippen LogP contribution is -2.02. The molecule has 0 fully saturated rings. The first-order valence-electron chi connectivity index (χ1n) is 16.6. The fourth-order valence-electron chi connectivity index (χ4n) is 7.03. The van der Waals surface area contributed by atoms with E-state index in [-0.39, 0.29) is 0 Å². The highest BCUT2D eigenvalue weighted by atomic mass is 32.1. The maximum Gasteiger partial charge on any atom is 0.165 e. The summed E-state index contributed by atoms with van der Waals surface area (Å²) >= 11 is 3.62. The minimum absolute atomic E-state index is 0.650. The standard InChI is InChI=1S/C45H27N3S2/c1-2-13-28(14-3-1)30-15-4-6-19-35(30)43-46-44(48-45(47-43)37-22-12-21-34-32-17-8-11-24-40(32)50-42(34)37)36-20-7-5-16-31(36)29-25-26-41-38(27-29)33-18-9-10-23-39(33)49-41/h1-27H. The van der Waals surface area contributed by atoms with Gasteiger partial charge in [0.15, 0.2) is 17.5 Å². The largest absolute Gasteiger partial charge is 0.208 e. The van der Waals surface area contributed by atoms with Gasteiger partial charge in [-0.15, -0.1) is 22.7 Å². The maximum absolute atomic E-state index is 5.30. The van der Waals surface area contributed by atoms with Crippen molar-refractivity contribution in [2.75, 3.05) is 0 Å². The molecule has 0 unspecified atom stereocenters. The Morgan fingerprint density at radius 3 is 1.48 bits per heavy atom. The van der Waals surface area contributed by atoms with Crippen LogP contribution in [-0.4, -0.2) is 15.0 Å². The fourth-order valence-corrected chi connectivity index (χ4v) is 9.33. The average molecular weight is 674 g/mol. The van der Waals surface area contributed by atoms with E-state index in [2.05, 4.69) is 158 Å². The van der Waals surface area contributed by atoms with Crippen molar-refractivity contribution < 1.29 is 0 Å². The van der Waals surface area contributed by atoms with Gasteiger partial charge in [-0.1, -0.05) is 133 Å². The number of nitrogens with zero attached hydrogens (tertiary/aromatic N) is 3. The Balaban J connectivity index is 1.22. The minimum Gasteiger partial charge on any atom is -0.208 e. The molecule has 7 aromatic carbocycles. The molecule has 0 bridgehead atoms. The molecule has 0 saturated carbocycles.